The fourth-order valence-electron chi connectivity index (χ4n) is 1.92. The van der Waals surface area contributed by atoms with E-state index in [-0.39, 0.29) is 6.61 Å². The predicted molar refractivity (Wildman–Crippen MR) is 74.9 cm³/mol. The second-order valence-corrected chi connectivity index (χ2v) is 4.81. The lowest BCUT2D eigenvalue weighted by Crippen LogP contribution is -2.27. The van der Waals surface area contributed by atoms with Crippen LogP contribution in [0.3, 0.4) is 0 Å². The zero-order valence-electron chi connectivity index (χ0n) is 11.6. The molecular weight excluding hydrogens is 226 g/mol. The standard InChI is InChI=1S/C15H25NO2/c1-4-5-15(16-10-12(2)11-17)13-6-8-14(18-3)9-7-13/h6-9,12,15-17H,4-5,10-11H2,1-3H3. The van der Waals surface area contributed by atoms with Gasteiger partial charge in [-0.15, -0.1) is 0 Å². The Balaban J connectivity index is 2.64. The molecule has 0 aliphatic rings. The van der Waals surface area contributed by atoms with Gasteiger partial charge in [-0.1, -0.05) is 32.4 Å². The first-order chi connectivity index (χ1) is 8.71. The number of hydrogen-bond acceptors (Lipinski definition) is 3. The van der Waals surface area contributed by atoms with E-state index in [1.54, 1.807) is 7.11 Å². The summed E-state index contributed by atoms with van der Waals surface area (Å²) >= 11 is 0. The molecule has 0 saturated carbocycles. The molecule has 0 aliphatic heterocycles. The lowest BCUT2D eigenvalue weighted by Gasteiger charge is -2.20. The van der Waals surface area contributed by atoms with Crippen molar-refractivity contribution in [3.05, 3.63) is 29.8 Å². The minimum Gasteiger partial charge on any atom is -0.497 e. The number of ether oxygens (including phenoxy) is 1. The molecule has 3 nitrogen and oxygen atoms in total. The number of hydrogen-bond donors (Lipinski definition) is 2. The SMILES string of the molecule is CCCC(NCC(C)CO)c1ccc(OC)cc1. The van der Waals surface area contributed by atoms with Crippen LogP contribution in [0, 0.1) is 5.92 Å². The number of aliphatic hydroxyl groups excluding tert-OH is 1. The second-order valence-electron chi connectivity index (χ2n) is 4.81. The summed E-state index contributed by atoms with van der Waals surface area (Å²) < 4.78 is 5.17. The van der Waals surface area contributed by atoms with E-state index in [0.29, 0.717) is 12.0 Å². The monoisotopic (exact) mass is 251 g/mol. The number of methoxy groups -OCH3 is 1. The van der Waals surface area contributed by atoms with E-state index >= 15 is 0 Å². The number of nitrogens with one attached hydrogen (secondary N) is 1. The van der Waals surface area contributed by atoms with Gasteiger partial charge in [0.05, 0.1) is 7.11 Å². The molecule has 3 heteroatoms. The average molecular weight is 251 g/mol. The molecule has 0 radical (unpaired) electrons. The molecule has 102 valence electrons. The van der Waals surface area contributed by atoms with Crippen LogP contribution in [-0.4, -0.2) is 25.4 Å². The predicted octanol–water partition coefficient (Wildman–Crippen LogP) is 2.75. The van der Waals surface area contributed by atoms with Gasteiger partial charge in [-0.05, 0) is 30.0 Å². The molecule has 0 aromatic heterocycles. The maximum absolute atomic E-state index is 9.06. The molecule has 2 N–H and O–H groups in total. The molecule has 1 aromatic carbocycles. The largest absolute Gasteiger partial charge is 0.497 e. The summed E-state index contributed by atoms with van der Waals surface area (Å²) in [7, 11) is 1.68. The zero-order chi connectivity index (χ0) is 13.4. The van der Waals surface area contributed by atoms with Gasteiger partial charge < -0.3 is 15.2 Å². The summed E-state index contributed by atoms with van der Waals surface area (Å²) in [5.41, 5.74) is 1.28. The average Bonchev–Trinajstić information content (AvgIpc) is 2.43. The van der Waals surface area contributed by atoms with E-state index in [1.807, 2.05) is 19.1 Å². The van der Waals surface area contributed by atoms with Crippen LogP contribution < -0.4 is 10.1 Å². The Hall–Kier alpha value is -1.06. The van der Waals surface area contributed by atoms with Crippen LogP contribution in [0.15, 0.2) is 24.3 Å². The van der Waals surface area contributed by atoms with Crippen LogP contribution in [0.2, 0.25) is 0 Å². The molecule has 18 heavy (non-hydrogen) atoms. The Morgan fingerprint density at radius 3 is 2.44 bits per heavy atom. The molecule has 0 spiro atoms. The fraction of sp³-hybridized carbons (Fsp3) is 0.600. The van der Waals surface area contributed by atoms with Crippen LogP contribution in [0.5, 0.6) is 5.75 Å². The Morgan fingerprint density at radius 1 is 1.28 bits per heavy atom. The summed E-state index contributed by atoms with van der Waals surface area (Å²) in [5.74, 6) is 1.18. The normalized spacial score (nSPS) is 14.2. The van der Waals surface area contributed by atoms with Crippen molar-refractivity contribution < 1.29 is 9.84 Å². The van der Waals surface area contributed by atoms with Crippen LogP contribution >= 0.6 is 0 Å². The lowest BCUT2D eigenvalue weighted by molar-refractivity contribution is 0.229. The number of rotatable bonds is 8. The first kappa shape index (κ1) is 15.0. The first-order valence-electron chi connectivity index (χ1n) is 6.69. The summed E-state index contributed by atoms with van der Waals surface area (Å²) in [6.45, 7) is 5.30. The van der Waals surface area contributed by atoms with Crippen molar-refractivity contribution in [1.29, 1.82) is 0 Å². The quantitative estimate of drug-likeness (QED) is 0.746. The van der Waals surface area contributed by atoms with Gasteiger partial charge in [0.15, 0.2) is 0 Å². The van der Waals surface area contributed by atoms with Crippen LogP contribution in [0.4, 0.5) is 0 Å². The first-order valence-corrected chi connectivity index (χ1v) is 6.69. The third kappa shape index (κ3) is 4.67. The topological polar surface area (TPSA) is 41.5 Å². The highest BCUT2D eigenvalue weighted by Crippen LogP contribution is 2.21. The van der Waals surface area contributed by atoms with Gasteiger partial charge in [-0.2, -0.15) is 0 Å². The van der Waals surface area contributed by atoms with Crippen molar-refractivity contribution in [3.63, 3.8) is 0 Å². The minimum atomic E-state index is 0.231. The number of benzene rings is 1. The van der Waals surface area contributed by atoms with Gasteiger partial charge >= 0.3 is 0 Å². The lowest BCUT2D eigenvalue weighted by atomic mass is 10.0. The van der Waals surface area contributed by atoms with Crippen LogP contribution in [0.25, 0.3) is 0 Å². The van der Waals surface area contributed by atoms with Crippen molar-refractivity contribution >= 4 is 0 Å². The summed E-state index contributed by atoms with van der Waals surface area (Å²) in [4.78, 5) is 0. The molecule has 0 aliphatic carbocycles. The maximum Gasteiger partial charge on any atom is 0.118 e. The number of aliphatic hydroxyl groups is 1. The van der Waals surface area contributed by atoms with Crippen molar-refractivity contribution in [3.8, 4) is 5.75 Å². The van der Waals surface area contributed by atoms with Crippen LogP contribution in [-0.2, 0) is 0 Å². The van der Waals surface area contributed by atoms with Gasteiger partial charge in [0.1, 0.15) is 5.75 Å². The molecule has 1 aromatic rings. The van der Waals surface area contributed by atoms with Crippen molar-refractivity contribution in [2.24, 2.45) is 5.92 Å². The van der Waals surface area contributed by atoms with E-state index in [4.69, 9.17) is 9.84 Å². The summed E-state index contributed by atoms with van der Waals surface area (Å²) in [6.07, 6.45) is 2.24. The smallest absolute Gasteiger partial charge is 0.118 e. The van der Waals surface area contributed by atoms with Gasteiger partial charge in [-0.25, -0.2) is 0 Å². The van der Waals surface area contributed by atoms with Crippen molar-refractivity contribution in [1.82, 2.24) is 5.32 Å². The highest BCUT2D eigenvalue weighted by molar-refractivity contribution is 5.29. The molecule has 0 heterocycles. The van der Waals surface area contributed by atoms with E-state index in [2.05, 4.69) is 24.4 Å². The summed E-state index contributed by atoms with van der Waals surface area (Å²) in [5, 5.41) is 12.6. The second kappa shape index (κ2) is 8.11. The van der Waals surface area contributed by atoms with E-state index in [0.717, 1.165) is 25.1 Å². The van der Waals surface area contributed by atoms with E-state index < -0.39 is 0 Å². The van der Waals surface area contributed by atoms with E-state index in [1.165, 1.54) is 5.56 Å². The fourth-order valence-corrected chi connectivity index (χ4v) is 1.92. The summed E-state index contributed by atoms with van der Waals surface area (Å²) in [6, 6.07) is 8.56. The molecular formula is C15H25NO2. The van der Waals surface area contributed by atoms with Gasteiger partial charge in [0, 0.05) is 19.2 Å². The Morgan fingerprint density at radius 2 is 1.94 bits per heavy atom. The third-order valence-electron chi connectivity index (χ3n) is 3.12. The van der Waals surface area contributed by atoms with Crippen LogP contribution in [0.1, 0.15) is 38.3 Å². The van der Waals surface area contributed by atoms with Gasteiger partial charge in [-0.3, -0.25) is 0 Å². The Labute approximate surface area is 110 Å². The molecule has 0 bridgehead atoms. The van der Waals surface area contributed by atoms with Crippen molar-refractivity contribution in [2.75, 3.05) is 20.3 Å². The molecule has 0 saturated heterocycles. The molecule has 1 rings (SSSR count). The zero-order valence-corrected chi connectivity index (χ0v) is 11.6. The minimum absolute atomic E-state index is 0.231. The highest BCUT2D eigenvalue weighted by atomic mass is 16.5. The van der Waals surface area contributed by atoms with Gasteiger partial charge in [0.2, 0.25) is 0 Å². The molecule has 2 atom stereocenters. The highest BCUT2D eigenvalue weighted by Gasteiger charge is 2.11. The molecule has 0 fully saturated rings. The molecule has 2 unspecified atom stereocenters. The van der Waals surface area contributed by atoms with Crippen molar-refractivity contribution in [2.45, 2.75) is 32.7 Å². The third-order valence-corrected chi connectivity index (χ3v) is 3.12. The van der Waals surface area contributed by atoms with Gasteiger partial charge in [0.25, 0.3) is 0 Å². The maximum atomic E-state index is 9.06. The Kier molecular flexibility index (Phi) is 6.76. The van der Waals surface area contributed by atoms with E-state index in [9.17, 15) is 0 Å². The molecule has 0 amide bonds. The Bertz CT molecular complexity index is 324.